The molecule has 1 radical (unpaired) electrons. The van der Waals surface area contributed by atoms with Crippen molar-refractivity contribution in [3.63, 3.8) is 0 Å². The van der Waals surface area contributed by atoms with Gasteiger partial charge in [0.15, 0.2) is 5.75 Å². The van der Waals surface area contributed by atoms with Crippen molar-refractivity contribution in [3.8, 4) is 16.9 Å². The van der Waals surface area contributed by atoms with Crippen LogP contribution in [0.3, 0.4) is 0 Å². The SMILES string of the molecule is Cc1noc(C)c1-c1ccc2[nH]c(=O)n3c2c1OCC3(C)c1ccccn1.[K]. The number of benzene rings is 1. The van der Waals surface area contributed by atoms with E-state index in [4.69, 9.17) is 9.26 Å². The number of aryl methyl sites for hydroxylation is 2. The first-order chi connectivity index (χ1) is 13.0. The molecule has 1 aromatic carbocycles. The largest absolute Gasteiger partial charge is 0.488 e. The van der Waals surface area contributed by atoms with E-state index in [2.05, 4.69) is 15.1 Å². The van der Waals surface area contributed by atoms with E-state index in [0.29, 0.717) is 18.1 Å². The Labute approximate surface area is 203 Å². The van der Waals surface area contributed by atoms with Gasteiger partial charge in [0.05, 0.1) is 22.5 Å². The topological polar surface area (TPSA) is 85.9 Å². The number of aromatic amines is 1. The average molecular weight is 401 g/mol. The molecule has 0 saturated carbocycles. The molecule has 1 aliphatic rings. The summed E-state index contributed by atoms with van der Waals surface area (Å²) in [6.07, 6.45) is 1.73. The molecule has 0 amide bonds. The molecule has 4 heterocycles. The Bertz CT molecular complexity index is 1220. The van der Waals surface area contributed by atoms with Crippen LogP contribution < -0.4 is 10.4 Å². The minimum atomic E-state index is -0.707. The summed E-state index contributed by atoms with van der Waals surface area (Å²) < 4.78 is 13.3. The number of hydrogen-bond donors (Lipinski definition) is 1. The van der Waals surface area contributed by atoms with Gasteiger partial charge in [-0.15, -0.1) is 0 Å². The number of pyridine rings is 1. The molecule has 137 valence electrons. The number of aromatic nitrogens is 4. The van der Waals surface area contributed by atoms with E-state index in [0.717, 1.165) is 33.5 Å². The van der Waals surface area contributed by atoms with Gasteiger partial charge in [0.1, 0.15) is 23.4 Å². The first-order valence-electron chi connectivity index (χ1n) is 8.76. The Morgan fingerprint density at radius 2 is 2.04 bits per heavy atom. The maximum absolute atomic E-state index is 12.9. The first kappa shape index (κ1) is 19.6. The van der Waals surface area contributed by atoms with Crippen LogP contribution in [0.5, 0.6) is 5.75 Å². The van der Waals surface area contributed by atoms with E-state index in [1.165, 1.54) is 0 Å². The molecule has 0 saturated heterocycles. The van der Waals surface area contributed by atoms with Crippen molar-refractivity contribution in [2.24, 2.45) is 0 Å². The van der Waals surface area contributed by atoms with Crippen LogP contribution in [0.15, 0.2) is 45.8 Å². The predicted molar refractivity (Wildman–Crippen MR) is 106 cm³/mol. The Morgan fingerprint density at radius 1 is 1.21 bits per heavy atom. The van der Waals surface area contributed by atoms with E-state index in [1.54, 1.807) is 10.8 Å². The molecule has 0 bridgehead atoms. The summed E-state index contributed by atoms with van der Waals surface area (Å²) in [5, 5.41) is 4.05. The maximum atomic E-state index is 12.9. The fourth-order valence-electron chi connectivity index (χ4n) is 4.00. The molecule has 5 rings (SSSR count). The maximum Gasteiger partial charge on any atom is 0.327 e. The van der Waals surface area contributed by atoms with Crippen LogP contribution in [-0.2, 0) is 5.54 Å². The number of ether oxygens (including phenoxy) is 1. The Kier molecular flexibility index (Phi) is 4.87. The number of H-pyrrole nitrogens is 1. The zero-order valence-electron chi connectivity index (χ0n) is 16.2. The second-order valence-electron chi connectivity index (χ2n) is 7.08. The van der Waals surface area contributed by atoms with Crippen molar-refractivity contribution >= 4 is 62.4 Å². The number of nitrogens with zero attached hydrogens (tertiary/aromatic N) is 3. The van der Waals surface area contributed by atoms with E-state index >= 15 is 0 Å². The van der Waals surface area contributed by atoms with Crippen LogP contribution in [0.25, 0.3) is 22.2 Å². The summed E-state index contributed by atoms with van der Waals surface area (Å²) in [7, 11) is 0. The molecule has 8 heteroatoms. The van der Waals surface area contributed by atoms with Gasteiger partial charge in [0.2, 0.25) is 0 Å². The third-order valence-corrected chi connectivity index (χ3v) is 5.31. The molecule has 1 aliphatic heterocycles. The molecule has 1 unspecified atom stereocenters. The van der Waals surface area contributed by atoms with Gasteiger partial charge < -0.3 is 14.2 Å². The number of rotatable bonds is 2. The zero-order chi connectivity index (χ0) is 18.8. The first-order valence-corrected chi connectivity index (χ1v) is 8.76. The minimum absolute atomic E-state index is 0. The third kappa shape index (κ3) is 2.67. The average Bonchev–Trinajstić information content (AvgIpc) is 3.19. The Morgan fingerprint density at radius 3 is 2.71 bits per heavy atom. The molecular weight excluding hydrogens is 383 g/mol. The van der Waals surface area contributed by atoms with Crippen LogP contribution in [-0.4, -0.2) is 77.7 Å². The van der Waals surface area contributed by atoms with E-state index in [-0.39, 0.29) is 57.1 Å². The predicted octanol–water partition coefficient (Wildman–Crippen LogP) is 2.77. The minimum Gasteiger partial charge on any atom is -0.488 e. The molecule has 7 nitrogen and oxygen atoms in total. The van der Waals surface area contributed by atoms with Gasteiger partial charge in [-0.3, -0.25) is 9.55 Å². The summed E-state index contributed by atoms with van der Waals surface area (Å²) in [4.78, 5) is 20.3. The van der Waals surface area contributed by atoms with E-state index in [9.17, 15) is 4.79 Å². The monoisotopic (exact) mass is 401 g/mol. The standard InChI is InChI=1S/C20H18N4O3.K/c1-11-16(12(2)27-23-11)13-7-8-14-17-18(13)26-10-20(3,24(17)19(25)22-14)15-6-4-5-9-21-15;/h4-9H,10H2,1-3H3,(H,22,25);. The third-order valence-electron chi connectivity index (χ3n) is 5.31. The molecular formula is C20H18KN4O3. The number of nitrogens with one attached hydrogen (secondary N) is 1. The molecule has 0 aliphatic carbocycles. The van der Waals surface area contributed by atoms with Crippen LogP contribution >= 0.6 is 0 Å². The Hall–Kier alpha value is -1.71. The summed E-state index contributed by atoms with van der Waals surface area (Å²) >= 11 is 0. The van der Waals surface area contributed by atoms with Gasteiger partial charge >= 0.3 is 5.69 Å². The van der Waals surface area contributed by atoms with Crippen molar-refractivity contribution in [3.05, 3.63) is 64.2 Å². The van der Waals surface area contributed by atoms with Crippen molar-refractivity contribution in [1.29, 1.82) is 0 Å². The molecule has 1 N–H and O–H groups in total. The van der Waals surface area contributed by atoms with Crippen LogP contribution in [0, 0.1) is 13.8 Å². The quantitative estimate of drug-likeness (QED) is 0.522. The normalized spacial score (nSPS) is 18.0. The van der Waals surface area contributed by atoms with Gasteiger partial charge in [-0.25, -0.2) is 4.79 Å². The molecule has 0 spiro atoms. The number of imidazole rings is 1. The molecule has 0 fully saturated rings. The molecule has 1 atom stereocenters. The van der Waals surface area contributed by atoms with Crippen LogP contribution in [0.1, 0.15) is 24.1 Å². The number of hydrogen-bond acceptors (Lipinski definition) is 5. The van der Waals surface area contributed by atoms with Crippen molar-refractivity contribution in [2.45, 2.75) is 26.3 Å². The van der Waals surface area contributed by atoms with Gasteiger partial charge in [-0.05, 0) is 45.0 Å². The van der Waals surface area contributed by atoms with Crippen LogP contribution in [0.2, 0.25) is 0 Å². The zero-order valence-corrected chi connectivity index (χ0v) is 19.4. The van der Waals surface area contributed by atoms with E-state index < -0.39 is 5.54 Å². The van der Waals surface area contributed by atoms with Gasteiger partial charge in [0.25, 0.3) is 0 Å². The van der Waals surface area contributed by atoms with Crippen molar-refractivity contribution < 1.29 is 9.26 Å². The second-order valence-corrected chi connectivity index (χ2v) is 7.08. The van der Waals surface area contributed by atoms with Gasteiger partial charge in [0, 0.05) is 63.1 Å². The molecule has 3 aromatic heterocycles. The second kappa shape index (κ2) is 6.96. The summed E-state index contributed by atoms with van der Waals surface area (Å²) in [5.41, 5.74) is 3.91. The fraction of sp³-hybridized carbons (Fsp3) is 0.250. The summed E-state index contributed by atoms with van der Waals surface area (Å²) in [6, 6.07) is 9.52. The smallest absolute Gasteiger partial charge is 0.327 e. The molecule has 4 aromatic rings. The Balaban J connectivity index is 0.00000192. The fourth-order valence-corrected chi connectivity index (χ4v) is 4.00. The van der Waals surface area contributed by atoms with Crippen LogP contribution in [0.4, 0.5) is 0 Å². The summed E-state index contributed by atoms with van der Waals surface area (Å²) in [6.45, 7) is 6.03. The molecule has 28 heavy (non-hydrogen) atoms. The van der Waals surface area contributed by atoms with Crippen molar-refractivity contribution in [2.75, 3.05) is 6.61 Å². The van der Waals surface area contributed by atoms with E-state index in [1.807, 2.05) is 51.1 Å². The van der Waals surface area contributed by atoms with Gasteiger partial charge in [-0.1, -0.05) is 11.2 Å². The van der Waals surface area contributed by atoms with Gasteiger partial charge in [-0.2, -0.15) is 0 Å². The van der Waals surface area contributed by atoms with Crippen molar-refractivity contribution in [1.82, 2.24) is 19.7 Å². The summed E-state index contributed by atoms with van der Waals surface area (Å²) in [5.74, 6) is 1.38.